The number of carboxylic acids is 1. The number of nitrogens with zero attached hydrogens (tertiary/aromatic N) is 2. The highest BCUT2D eigenvalue weighted by Gasteiger charge is 2.18. The summed E-state index contributed by atoms with van der Waals surface area (Å²) in [7, 11) is 0. The van der Waals surface area contributed by atoms with Gasteiger partial charge in [0, 0.05) is 18.7 Å². The van der Waals surface area contributed by atoms with Crippen LogP contribution in [0.3, 0.4) is 0 Å². The van der Waals surface area contributed by atoms with E-state index in [1.807, 2.05) is 13.8 Å². The number of rotatable bonds is 7. The van der Waals surface area contributed by atoms with E-state index >= 15 is 0 Å². The minimum Gasteiger partial charge on any atom is -0.480 e. The van der Waals surface area contributed by atoms with Gasteiger partial charge in [-0.2, -0.15) is 0 Å². The van der Waals surface area contributed by atoms with E-state index in [0.29, 0.717) is 12.1 Å². The maximum absolute atomic E-state index is 12.1. The number of benzene rings is 1. The number of hydrogen-bond acceptors (Lipinski definition) is 4. The fourth-order valence-corrected chi connectivity index (χ4v) is 1.88. The fraction of sp³-hybridized carbons (Fsp3) is 0.429. The lowest BCUT2D eigenvalue weighted by Gasteiger charge is -2.22. The largest absolute Gasteiger partial charge is 0.480 e. The molecule has 0 aromatic heterocycles. The van der Waals surface area contributed by atoms with Gasteiger partial charge in [0.2, 0.25) is 5.91 Å². The van der Waals surface area contributed by atoms with Crippen LogP contribution in [0.25, 0.3) is 0 Å². The Hall–Kier alpha value is -2.44. The zero-order valence-corrected chi connectivity index (χ0v) is 12.0. The summed E-state index contributed by atoms with van der Waals surface area (Å²) in [5, 5.41) is 19.4. The van der Waals surface area contributed by atoms with Crippen LogP contribution in [0, 0.1) is 16.0 Å². The number of carbonyl (C=O) groups excluding carboxylic acids is 1. The highest BCUT2D eigenvalue weighted by atomic mass is 16.6. The molecule has 0 saturated heterocycles. The first kappa shape index (κ1) is 16.6. The van der Waals surface area contributed by atoms with Crippen LogP contribution in [-0.2, 0) is 16.0 Å². The second-order valence-corrected chi connectivity index (χ2v) is 5.16. The molecule has 7 heteroatoms. The molecule has 0 unspecified atom stereocenters. The lowest BCUT2D eigenvalue weighted by Crippen LogP contribution is -2.39. The summed E-state index contributed by atoms with van der Waals surface area (Å²) in [6, 6.07) is 5.66. The standard InChI is InChI=1S/C14H18N2O5/c1-10(2)8-15(9-14(18)19)13(17)7-11-3-5-12(6-4-11)16(20)21/h3-6,10H,7-9H2,1-2H3,(H,18,19). The fourth-order valence-electron chi connectivity index (χ4n) is 1.88. The van der Waals surface area contributed by atoms with E-state index in [1.54, 1.807) is 0 Å². The third kappa shape index (κ3) is 5.60. The number of nitro benzene ring substituents is 1. The summed E-state index contributed by atoms with van der Waals surface area (Å²) in [6.07, 6.45) is 0.0258. The quantitative estimate of drug-likeness (QED) is 0.609. The molecular weight excluding hydrogens is 276 g/mol. The Morgan fingerprint density at radius 2 is 1.86 bits per heavy atom. The number of non-ortho nitro benzene ring substituents is 1. The topological polar surface area (TPSA) is 101 Å². The van der Waals surface area contributed by atoms with E-state index in [1.165, 1.54) is 29.2 Å². The van der Waals surface area contributed by atoms with Crippen molar-refractivity contribution in [1.82, 2.24) is 4.90 Å². The molecule has 0 aliphatic rings. The van der Waals surface area contributed by atoms with Crippen LogP contribution < -0.4 is 0 Å². The predicted molar refractivity (Wildman–Crippen MR) is 75.9 cm³/mol. The Morgan fingerprint density at radius 1 is 1.29 bits per heavy atom. The number of amides is 1. The lowest BCUT2D eigenvalue weighted by atomic mass is 10.1. The average molecular weight is 294 g/mol. The molecule has 0 saturated carbocycles. The van der Waals surface area contributed by atoms with Crippen molar-refractivity contribution in [3.63, 3.8) is 0 Å². The van der Waals surface area contributed by atoms with E-state index in [9.17, 15) is 19.7 Å². The molecular formula is C14H18N2O5. The smallest absolute Gasteiger partial charge is 0.323 e. The molecule has 0 fully saturated rings. The monoisotopic (exact) mass is 294 g/mol. The number of carbonyl (C=O) groups is 2. The summed E-state index contributed by atoms with van der Waals surface area (Å²) in [5.41, 5.74) is 0.570. The Balaban J connectivity index is 2.75. The first-order valence-electron chi connectivity index (χ1n) is 6.52. The molecule has 7 nitrogen and oxygen atoms in total. The zero-order chi connectivity index (χ0) is 16.0. The van der Waals surface area contributed by atoms with Gasteiger partial charge in [-0.1, -0.05) is 26.0 Å². The van der Waals surface area contributed by atoms with Crippen molar-refractivity contribution in [1.29, 1.82) is 0 Å². The average Bonchev–Trinajstić information content (AvgIpc) is 2.37. The van der Waals surface area contributed by atoms with Gasteiger partial charge in [-0.25, -0.2) is 0 Å². The molecule has 1 aromatic carbocycles. The van der Waals surface area contributed by atoms with Crippen molar-refractivity contribution in [3.05, 3.63) is 39.9 Å². The third-order valence-electron chi connectivity index (χ3n) is 2.77. The second kappa shape index (κ2) is 7.37. The molecule has 0 bridgehead atoms. The van der Waals surface area contributed by atoms with Gasteiger partial charge in [-0.15, -0.1) is 0 Å². The summed E-state index contributed by atoms with van der Waals surface area (Å²) >= 11 is 0. The molecule has 0 aliphatic heterocycles. The SMILES string of the molecule is CC(C)CN(CC(=O)O)C(=O)Cc1ccc([N+](=O)[O-])cc1. The molecule has 0 radical (unpaired) electrons. The molecule has 0 heterocycles. The van der Waals surface area contributed by atoms with E-state index in [0.717, 1.165) is 0 Å². The summed E-state index contributed by atoms with van der Waals surface area (Å²) in [6.45, 7) is 3.81. The summed E-state index contributed by atoms with van der Waals surface area (Å²) in [5.74, 6) is -1.21. The van der Waals surface area contributed by atoms with Crippen molar-refractivity contribution < 1.29 is 19.6 Å². The maximum Gasteiger partial charge on any atom is 0.323 e. The predicted octanol–water partition coefficient (Wildman–Crippen LogP) is 1.71. The molecule has 1 rings (SSSR count). The van der Waals surface area contributed by atoms with E-state index in [4.69, 9.17) is 5.11 Å². The van der Waals surface area contributed by atoms with Crippen LogP contribution in [0.2, 0.25) is 0 Å². The van der Waals surface area contributed by atoms with Gasteiger partial charge >= 0.3 is 5.97 Å². The van der Waals surface area contributed by atoms with Gasteiger partial charge in [0.1, 0.15) is 6.54 Å². The molecule has 1 amide bonds. The third-order valence-corrected chi connectivity index (χ3v) is 2.77. The van der Waals surface area contributed by atoms with Gasteiger partial charge in [0.05, 0.1) is 11.3 Å². The van der Waals surface area contributed by atoms with Crippen molar-refractivity contribution in [2.75, 3.05) is 13.1 Å². The van der Waals surface area contributed by atoms with Crippen molar-refractivity contribution in [3.8, 4) is 0 Å². The molecule has 1 aromatic rings. The van der Waals surface area contributed by atoms with Gasteiger partial charge in [0.15, 0.2) is 0 Å². The van der Waals surface area contributed by atoms with Gasteiger partial charge in [0.25, 0.3) is 5.69 Å². The minimum atomic E-state index is -1.06. The molecule has 114 valence electrons. The van der Waals surface area contributed by atoms with Gasteiger partial charge in [-0.3, -0.25) is 19.7 Å². The number of aliphatic carboxylic acids is 1. The van der Waals surface area contributed by atoms with E-state index in [2.05, 4.69) is 0 Å². The molecule has 21 heavy (non-hydrogen) atoms. The highest BCUT2D eigenvalue weighted by Crippen LogP contribution is 2.13. The Labute approximate surface area is 122 Å². The van der Waals surface area contributed by atoms with Crippen LogP contribution in [-0.4, -0.2) is 39.9 Å². The first-order chi connectivity index (χ1) is 9.79. The zero-order valence-electron chi connectivity index (χ0n) is 12.0. The minimum absolute atomic E-state index is 0.0258. The molecule has 0 aliphatic carbocycles. The van der Waals surface area contributed by atoms with Crippen LogP contribution in [0.5, 0.6) is 0 Å². The second-order valence-electron chi connectivity index (χ2n) is 5.16. The van der Waals surface area contributed by atoms with Crippen LogP contribution >= 0.6 is 0 Å². The molecule has 1 N–H and O–H groups in total. The molecule has 0 atom stereocenters. The first-order valence-corrected chi connectivity index (χ1v) is 6.52. The summed E-state index contributed by atoms with van der Waals surface area (Å²) in [4.78, 5) is 34.3. The van der Waals surface area contributed by atoms with Gasteiger partial charge in [-0.05, 0) is 11.5 Å². The number of nitro groups is 1. The van der Waals surface area contributed by atoms with E-state index in [-0.39, 0.29) is 30.5 Å². The molecule has 0 spiro atoms. The summed E-state index contributed by atoms with van der Waals surface area (Å²) < 4.78 is 0. The van der Waals surface area contributed by atoms with Crippen molar-refractivity contribution >= 4 is 17.6 Å². The Kier molecular flexibility index (Phi) is 5.83. The highest BCUT2D eigenvalue weighted by molar-refractivity contribution is 5.83. The van der Waals surface area contributed by atoms with E-state index < -0.39 is 10.9 Å². The number of carboxylic acid groups (broad SMARTS) is 1. The van der Waals surface area contributed by atoms with Crippen LogP contribution in [0.1, 0.15) is 19.4 Å². The van der Waals surface area contributed by atoms with Crippen molar-refractivity contribution in [2.24, 2.45) is 5.92 Å². The Morgan fingerprint density at radius 3 is 2.29 bits per heavy atom. The van der Waals surface area contributed by atoms with Crippen LogP contribution in [0.4, 0.5) is 5.69 Å². The Bertz CT molecular complexity index is 525. The maximum atomic E-state index is 12.1. The van der Waals surface area contributed by atoms with Crippen LogP contribution in [0.15, 0.2) is 24.3 Å². The van der Waals surface area contributed by atoms with Crippen molar-refractivity contribution in [2.45, 2.75) is 20.3 Å². The lowest BCUT2D eigenvalue weighted by molar-refractivity contribution is -0.384. The number of hydrogen-bond donors (Lipinski definition) is 1. The van der Waals surface area contributed by atoms with Gasteiger partial charge < -0.3 is 10.0 Å². The normalized spacial score (nSPS) is 10.4.